The third-order valence-corrected chi connectivity index (χ3v) is 0.500. The Morgan fingerprint density at radius 1 is 0.292 bits per heavy atom. The van der Waals surface area contributed by atoms with Crippen LogP contribution in [0.15, 0.2) is 0 Å². The number of carbonyl (C=O) groups excluding carboxylic acids is 6. The van der Waals surface area contributed by atoms with Gasteiger partial charge in [0.2, 0.25) is 0 Å². The Bertz CT molecular complexity index is 291. The minimum Gasteiger partial charge on any atom is -0.543 e. The average Bonchev–Trinajstić information content (AvgIpc) is 2.18. The van der Waals surface area contributed by atoms with Gasteiger partial charge in [-0.3, -0.25) is 0 Å². The van der Waals surface area contributed by atoms with E-state index < -0.39 is 35.8 Å². The minimum absolute atomic E-state index is 0. The van der Waals surface area contributed by atoms with Gasteiger partial charge >= 0.3 is 177 Å². The first-order valence-electron chi connectivity index (χ1n) is 3.20. The zero-order valence-electron chi connectivity index (χ0n) is 13.9. The smallest absolute Gasteiger partial charge is 0.543 e. The predicted octanol–water partition coefficient (Wildman–Crippen LogP) is -28.5. The van der Waals surface area contributed by atoms with Crippen LogP contribution in [0.1, 0.15) is 0 Å². The van der Waals surface area contributed by atoms with E-state index in [1.54, 1.807) is 0 Å². The van der Waals surface area contributed by atoms with Gasteiger partial charge in [0.05, 0.1) is 35.8 Å². The summed E-state index contributed by atoms with van der Waals surface area (Å²) in [5, 5.41) is 53.6. The van der Waals surface area contributed by atoms with Crippen molar-refractivity contribution < 1.29 is 237 Å². The second-order valence-corrected chi connectivity index (χ2v) is 1.72. The van der Waals surface area contributed by atoms with Crippen LogP contribution >= 0.6 is 0 Å². The van der Waals surface area contributed by atoms with Crippen molar-refractivity contribution in [1.29, 1.82) is 0 Å². The van der Waals surface area contributed by atoms with Gasteiger partial charge in [-0.05, 0) is 0 Å². The second-order valence-electron chi connectivity index (χ2n) is 1.72. The van der Waals surface area contributed by atoms with E-state index in [4.69, 9.17) is 59.4 Å². The molecule has 102 valence electrons. The molecule has 0 radical (unpaired) electrons. The zero-order valence-corrected chi connectivity index (χ0v) is 25.9. The monoisotopic (exact) mass is 402 g/mol. The van der Waals surface area contributed by atoms with Crippen LogP contribution < -0.4 is 208 Å². The SMILES string of the molecule is O=C([O-])C(=O)[O-].O=C([O-])C(=O)[O-].O=C([O-])C(=O)[O-].[Na+].[Na+].[Na+].[Na+].[Na+].[Na+]. The molecule has 0 rings (SSSR count). The summed E-state index contributed by atoms with van der Waals surface area (Å²) < 4.78 is 0. The van der Waals surface area contributed by atoms with Gasteiger partial charge in [0.1, 0.15) is 0 Å². The van der Waals surface area contributed by atoms with E-state index in [0.29, 0.717) is 0 Å². The van der Waals surface area contributed by atoms with E-state index in [9.17, 15) is 0 Å². The molecule has 0 saturated heterocycles. The van der Waals surface area contributed by atoms with E-state index in [-0.39, 0.29) is 177 Å². The Morgan fingerprint density at radius 3 is 0.333 bits per heavy atom. The molecule has 0 amide bonds. The van der Waals surface area contributed by atoms with Gasteiger partial charge in [0.15, 0.2) is 0 Å². The van der Waals surface area contributed by atoms with E-state index in [2.05, 4.69) is 0 Å². The third-order valence-electron chi connectivity index (χ3n) is 0.500. The van der Waals surface area contributed by atoms with Crippen LogP contribution in [-0.2, 0) is 28.8 Å². The first kappa shape index (κ1) is 56.3. The van der Waals surface area contributed by atoms with Gasteiger partial charge in [0.25, 0.3) is 0 Å². The maximum absolute atomic E-state index is 8.93. The summed E-state index contributed by atoms with van der Waals surface area (Å²) in [4.78, 5) is 53.6. The predicted molar refractivity (Wildman–Crippen MR) is 30.0 cm³/mol. The quantitative estimate of drug-likeness (QED) is 0.271. The van der Waals surface area contributed by atoms with E-state index in [0.717, 1.165) is 0 Å². The van der Waals surface area contributed by atoms with E-state index in [1.807, 2.05) is 0 Å². The molecule has 0 atom stereocenters. The second kappa shape index (κ2) is 36.7. The molecule has 0 aromatic carbocycles. The maximum atomic E-state index is 8.93. The van der Waals surface area contributed by atoms with Gasteiger partial charge in [-0.25, -0.2) is 0 Å². The van der Waals surface area contributed by atoms with Crippen LogP contribution in [0, 0.1) is 0 Å². The summed E-state index contributed by atoms with van der Waals surface area (Å²) in [6.45, 7) is 0. The van der Waals surface area contributed by atoms with Crippen molar-refractivity contribution in [3.8, 4) is 0 Å². The average molecular weight is 402 g/mol. The number of aliphatic carboxylic acids is 6. The van der Waals surface area contributed by atoms with E-state index >= 15 is 0 Å². The molecule has 0 N–H and O–H groups in total. The van der Waals surface area contributed by atoms with Crippen molar-refractivity contribution >= 4 is 35.8 Å². The number of rotatable bonds is 0. The molecule has 0 bridgehead atoms. The standard InChI is InChI=1S/3C2H2O4.6Na/c3*3-1(4)2(5)6;;;;;;/h3*(H,3,4)(H,5,6);;;;;;/q;;;6*+1/p-6. The maximum Gasteiger partial charge on any atom is 1.00 e. The van der Waals surface area contributed by atoms with Crippen molar-refractivity contribution in [1.82, 2.24) is 0 Å². The Labute approximate surface area is 267 Å². The normalized spacial score (nSPS) is 5.50. The molecule has 0 aliphatic carbocycles. The Hall–Kier alpha value is 2.82. The number of carboxylic acid groups (broad SMARTS) is 6. The van der Waals surface area contributed by atoms with Crippen LogP contribution in [0.3, 0.4) is 0 Å². The summed E-state index contributed by atoms with van der Waals surface area (Å²) >= 11 is 0. The molecular formula is C6Na6O12. The molecule has 0 aliphatic rings. The minimum atomic E-state index is -2.19. The van der Waals surface area contributed by atoms with Crippen molar-refractivity contribution in [3.63, 3.8) is 0 Å². The summed E-state index contributed by atoms with van der Waals surface area (Å²) in [6, 6.07) is 0. The fraction of sp³-hybridized carbons (Fsp3) is 0. The van der Waals surface area contributed by atoms with Crippen molar-refractivity contribution in [2.45, 2.75) is 0 Å². The molecule has 0 aromatic heterocycles. The van der Waals surface area contributed by atoms with Gasteiger partial charge < -0.3 is 59.4 Å². The first-order chi connectivity index (χ1) is 7.93. The van der Waals surface area contributed by atoms with Gasteiger partial charge in [0, 0.05) is 0 Å². The van der Waals surface area contributed by atoms with Crippen LogP contribution in [0.4, 0.5) is 0 Å². The molecule has 12 nitrogen and oxygen atoms in total. The molecule has 18 heteroatoms. The number of hydrogen-bond acceptors (Lipinski definition) is 12. The Kier molecular flexibility index (Phi) is 86.1. The van der Waals surface area contributed by atoms with Crippen LogP contribution in [0.25, 0.3) is 0 Å². The molecular weight excluding hydrogens is 402 g/mol. The molecule has 0 fully saturated rings. The topological polar surface area (TPSA) is 241 Å². The Morgan fingerprint density at radius 2 is 0.333 bits per heavy atom. The molecule has 0 aromatic rings. The van der Waals surface area contributed by atoms with Crippen molar-refractivity contribution in [2.24, 2.45) is 0 Å². The number of carbonyl (C=O) groups is 6. The Balaban J connectivity index is -0.0000000179. The van der Waals surface area contributed by atoms with Gasteiger partial charge in [-0.2, -0.15) is 0 Å². The van der Waals surface area contributed by atoms with Gasteiger partial charge in [-0.15, -0.1) is 0 Å². The zero-order chi connectivity index (χ0) is 15.5. The molecule has 0 spiro atoms. The molecule has 24 heavy (non-hydrogen) atoms. The molecule has 0 unspecified atom stereocenters. The third kappa shape index (κ3) is 64.1. The fourth-order valence-electron chi connectivity index (χ4n) is 0. The van der Waals surface area contributed by atoms with Crippen LogP contribution in [0.2, 0.25) is 0 Å². The van der Waals surface area contributed by atoms with E-state index in [1.165, 1.54) is 0 Å². The summed E-state index contributed by atoms with van der Waals surface area (Å²) in [7, 11) is 0. The fourth-order valence-corrected chi connectivity index (χ4v) is 0. The van der Waals surface area contributed by atoms with Crippen LogP contribution in [0.5, 0.6) is 0 Å². The largest absolute Gasteiger partial charge is 1.00 e. The first-order valence-corrected chi connectivity index (χ1v) is 3.20. The van der Waals surface area contributed by atoms with Gasteiger partial charge in [-0.1, -0.05) is 0 Å². The summed E-state index contributed by atoms with van der Waals surface area (Å²) in [6.07, 6.45) is 0. The summed E-state index contributed by atoms with van der Waals surface area (Å²) in [5.41, 5.74) is 0. The van der Waals surface area contributed by atoms with Crippen molar-refractivity contribution in [2.75, 3.05) is 0 Å². The molecule has 0 aliphatic heterocycles. The van der Waals surface area contributed by atoms with Crippen LogP contribution in [-0.4, -0.2) is 35.8 Å². The van der Waals surface area contributed by atoms with Crippen molar-refractivity contribution in [3.05, 3.63) is 0 Å². The number of hydrogen-bond donors (Lipinski definition) is 0. The molecule has 0 saturated carbocycles. The number of carboxylic acids is 6. The molecule has 0 heterocycles. The summed E-state index contributed by atoms with van der Waals surface area (Å²) in [5.74, 6) is -13.1.